The van der Waals surface area contributed by atoms with Gasteiger partial charge in [0.25, 0.3) is 0 Å². The standard InChI is InChI=1S/C29H36O8/c1-17-9-10-28-15-32-25(31)12-18(2)13-26-34-19(3)20(35-26)7-5-6-8-24(30)37-21-14-23(36-22(28)11-17)29(16-33-29)27(21,28)4/h5-8,11-12,19-23,26H,9-10,13-16H2,1-4H3/t19?,20?,21-,22-,23?,26?,27?,28-,29+/m1/s1. The summed E-state index contributed by atoms with van der Waals surface area (Å²) >= 11 is 0. The van der Waals surface area contributed by atoms with Crippen molar-refractivity contribution >= 4 is 11.9 Å². The van der Waals surface area contributed by atoms with Crippen LogP contribution >= 0.6 is 0 Å². The molecule has 8 nitrogen and oxygen atoms in total. The molecule has 1 saturated carbocycles. The third kappa shape index (κ3) is 3.87. The zero-order chi connectivity index (χ0) is 26.0. The zero-order valence-corrected chi connectivity index (χ0v) is 21.9. The van der Waals surface area contributed by atoms with Crippen molar-refractivity contribution in [3.8, 4) is 0 Å². The molecule has 0 aromatic heterocycles. The third-order valence-electron chi connectivity index (χ3n) is 9.58. The van der Waals surface area contributed by atoms with E-state index in [4.69, 9.17) is 28.4 Å². The number of rotatable bonds is 0. The lowest BCUT2D eigenvalue weighted by Gasteiger charge is -2.58. The largest absolute Gasteiger partial charge is 0.462 e. The number of hydrogen-bond acceptors (Lipinski definition) is 8. The van der Waals surface area contributed by atoms with Gasteiger partial charge in [0.1, 0.15) is 24.4 Å². The maximum absolute atomic E-state index is 13.0. The Balaban J connectivity index is 1.37. The van der Waals surface area contributed by atoms with Gasteiger partial charge in [0.15, 0.2) is 6.29 Å². The van der Waals surface area contributed by atoms with Gasteiger partial charge in [-0.05, 0) is 33.6 Å². The molecule has 200 valence electrons. The molecule has 8 heteroatoms. The van der Waals surface area contributed by atoms with Crippen molar-refractivity contribution in [3.05, 3.63) is 47.6 Å². The average Bonchev–Trinajstić information content (AvgIpc) is 3.54. The van der Waals surface area contributed by atoms with Crippen LogP contribution in [0.5, 0.6) is 0 Å². The number of fused-ring (bicyclic) bond motifs is 2. The van der Waals surface area contributed by atoms with E-state index < -0.39 is 40.8 Å². The van der Waals surface area contributed by atoms with Crippen molar-refractivity contribution in [1.29, 1.82) is 0 Å². The Bertz CT molecular complexity index is 1100. The molecule has 9 atom stereocenters. The van der Waals surface area contributed by atoms with Crippen molar-refractivity contribution in [2.45, 2.75) is 95.8 Å². The van der Waals surface area contributed by atoms with Crippen molar-refractivity contribution in [2.24, 2.45) is 10.8 Å². The zero-order valence-electron chi connectivity index (χ0n) is 21.9. The average molecular weight is 513 g/mol. The van der Waals surface area contributed by atoms with E-state index in [2.05, 4.69) is 19.9 Å². The van der Waals surface area contributed by atoms with Crippen molar-refractivity contribution < 1.29 is 38.0 Å². The van der Waals surface area contributed by atoms with Crippen LogP contribution < -0.4 is 0 Å². The van der Waals surface area contributed by atoms with Crippen LogP contribution in [0.2, 0.25) is 0 Å². The number of hydrogen-bond donors (Lipinski definition) is 0. The maximum atomic E-state index is 13.0. The molecule has 2 spiro atoms. The molecule has 0 aromatic rings. The van der Waals surface area contributed by atoms with Crippen molar-refractivity contribution in [1.82, 2.24) is 0 Å². The number of carbonyl (C=O) groups excluding carboxylic acids is 2. The summed E-state index contributed by atoms with van der Waals surface area (Å²) in [5.41, 5.74) is 0.362. The molecule has 0 aromatic carbocycles. The Morgan fingerprint density at radius 2 is 1.78 bits per heavy atom. The van der Waals surface area contributed by atoms with Crippen LogP contribution in [-0.4, -0.2) is 67.6 Å². The molecule has 5 unspecified atom stereocenters. The molecule has 6 aliphatic rings. The second-order valence-corrected chi connectivity index (χ2v) is 11.7. The monoisotopic (exact) mass is 512 g/mol. The third-order valence-corrected chi connectivity index (χ3v) is 9.58. The summed E-state index contributed by atoms with van der Waals surface area (Å²) in [6, 6.07) is 0. The lowest BCUT2D eigenvalue weighted by atomic mass is 9.51. The van der Waals surface area contributed by atoms with Crippen LogP contribution in [0.15, 0.2) is 47.6 Å². The summed E-state index contributed by atoms with van der Waals surface area (Å²) in [5, 5.41) is 0. The van der Waals surface area contributed by atoms with Gasteiger partial charge in [-0.3, -0.25) is 0 Å². The van der Waals surface area contributed by atoms with E-state index in [0.29, 0.717) is 19.4 Å². The Labute approximate surface area is 217 Å². The second-order valence-electron chi connectivity index (χ2n) is 11.7. The molecule has 0 radical (unpaired) electrons. The van der Waals surface area contributed by atoms with E-state index in [1.54, 1.807) is 12.2 Å². The van der Waals surface area contributed by atoms with Crippen LogP contribution in [0.1, 0.15) is 53.4 Å². The van der Waals surface area contributed by atoms with Crippen LogP contribution in [0.25, 0.3) is 0 Å². The predicted octanol–water partition coefficient (Wildman–Crippen LogP) is 3.71. The van der Waals surface area contributed by atoms with Gasteiger partial charge < -0.3 is 28.4 Å². The molecule has 4 heterocycles. The van der Waals surface area contributed by atoms with Gasteiger partial charge in [-0.1, -0.05) is 42.4 Å². The van der Waals surface area contributed by atoms with E-state index in [0.717, 1.165) is 18.4 Å². The van der Waals surface area contributed by atoms with E-state index in [1.165, 1.54) is 17.7 Å². The minimum absolute atomic E-state index is 0.147. The first-order valence-corrected chi connectivity index (χ1v) is 13.3. The number of ether oxygens (including phenoxy) is 6. The molecule has 4 fully saturated rings. The van der Waals surface area contributed by atoms with Crippen LogP contribution in [0, 0.1) is 10.8 Å². The van der Waals surface area contributed by atoms with Gasteiger partial charge >= 0.3 is 11.9 Å². The lowest BCUT2D eigenvalue weighted by molar-refractivity contribution is -0.232. The van der Waals surface area contributed by atoms with Gasteiger partial charge in [-0.15, -0.1) is 0 Å². The smallest absolute Gasteiger partial charge is 0.331 e. The summed E-state index contributed by atoms with van der Waals surface area (Å²) in [5.74, 6) is -0.828. The molecule has 3 saturated heterocycles. The van der Waals surface area contributed by atoms with Crippen molar-refractivity contribution in [3.63, 3.8) is 0 Å². The molecule has 6 rings (SSSR count). The fourth-order valence-corrected chi connectivity index (χ4v) is 7.32. The van der Waals surface area contributed by atoms with Gasteiger partial charge in [-0.2, -0.15) is 0 Å². The lowest BCUT2D eigenvalue weighted by Crippen LogP contribution is -2.66. The molecule has 4 aliphatic heterocycles. The van der Waals surface area contributed by atoms with Gasteiger partial charge in [-0.25, -0.2) is 9.59 Å². The minimum Gasteiger partial charge on any atom is -0.462 e. The SMILES string of the molecule is CC1=C[C@H]2OC3C[C@H]4OC(=O)C=CC=CC5OC(CC(C)=CC(=O)OC[C@@]2(CC1)C4(C)[C@]31CO1)OC5C. The van der Waals surface area contributed by atoms with Gasteiger partial charge in [0.05, 0.1) is 30.3 Å². The van der Waals surface area contributed by atoms with Crippen LogP contribution in [0.4, 0.5) is 0 Å². The maximum Gasteiger partial charge on any atom is 0.331 e. The summed E-state index contributed by atoms with van der Waals surface area (Å²) in [4.78, 5) is 26.0. The van der Waals surface area contributed by atoms with Crippen molar-refractivity contribution in [2.75, 3.05) is 13.2 Å². The number of epoxide rings is 1. The fraction of sp³-hybridized carbons (Fsp3) is 0.655. The molecule has 4 bridgehead atoms. The highest BCUT2D eigenvalue weighted by Gasteiger charge is 2.83. The Morgan fingerprint density at radius 1 is 0.973 bits per heavy atom. The summed E-state index contributed by atoms with van der Waals surface area (Å²) in [7, 11) is 0. The summed E-state index contributed by atoms with van der Waals surface area (Å²) < 4.78 is 36.8. The Hall–Kier alpha value is -2.26. The topological polar surface area (TPSA) is 92.8 Å². The minimum atomic E-state index is -0.590. The predicted molar refractivity (Wildman–Crippen MR) is 132 cm³/mol. The second kappa shape index (κ2) is 8.90. The number of carbonyl (C=O) groups is 2. The molecule has 37 heavy (non-hydrogen) atoms. The Morgan fingerprint density at radius 3 is 2.57 bits per heavy atom. The van der Waals surface area contributed by atoms with E-state index in [1.807, 2.05) is 19.9 Å². The van der Waals surface area contributed by atoms with Crippen LogP contribution in [0.3, 0.4) is 0 Å². The Kier molecular flexibility index (Phi) is 6.02. The highest BCUT2D eigenvalue weighted by molar-refractivity contribution is 5.83. The number of esters is 2. The highest BCUT2D eigenvalue weighted by atomic mass is 16.7. The first-order chi connectivity index (χ1) is 17.7. The quantitative estimate of drug-likeness (QED) is 0.276. The molecule has 0 N–H and O–H groups in total. The normalized spacial score (nSPS) is 47.4. The number of cyclic esters (lactones) is 1. The number of allylic oxidation sites excluding steroid dienone is 3. The summed E-state index contributed by atoms with van der Waals surface area (Å²) in [6.07, 6.45) is 11.3. The molecular weight excluding hydrogens is 476 g/mol. The van der Waals surface area contributed by atoms with E-state index in [-0.39, 0.29) is 31.0 Å². The molecular formula is C29H36O8. The van der Waals surface area contributed by atoms with Gasteiger partial charge in [0, 0.05) is 30.4 Å². The molecule has 0 amide bonds. The fourth-order valence-electron chi connectivity index (χ4n) is 7.32. The van der Waals surface area contributed by atoms with E-state index in [9.17, 15) is 9.59 Å². The molecule has 2 aliphatic carbocycles. The van der Waals surface area contributed by atoms with Gasteiger partial charge in [0.2, 0.25) is 0 Å². The first-order valence-electron chi connectivity index (χ1n) is 13.3. The first kappa shape index (κ1) is 25.0. The summed E-state index contributed by atoms with van der Waals surface area (Å²) in [6.45, 7) is 8.77. The van der Waals surface area contributed by atoms with Crippen LogP contribution in [-0.2, 0) is 38.0 Å². The highest BCUT2D eigenvalue weighted by Crippen LogP contribution is 2.72. The van der Waals surface area contributed by atoms with E-state index >= 15 is 0 Å².